The van der Waals surface area contributed by atoms with Crippen LogP contribution in [0.15, 0.2) is 0 Å². The molecule has 0 aliphatic rings. The summed E-state index contributed by atoms with van der Waals surface area (Å²) in [6.07, 6.45) is -3.53. The molecule has 0 fully saturated rings. The molecule has 0 radical (unpaired) electrons. The van der Waals surface area contributed by atoms with Crippen molar-refractivity contribution in [3.05, 3.63) is 0 Å². The highest BCUT2D eigenvalue weighted by atomic mass is 35.5. The molecule has 96 valence electrons. The molecule has 1 atom stereocenters. The predicted molar refractivity (Wildman–Crippen MR) is 53.9 cm³/mol. The second-order valence-electron chi connectivity index (χ2n) is 3.48. The van der Waals surface area contributed by atoms with Gasteiger partial charge >= 0.3 is 6.18 Å². The zero-order valence-electron chi connectivity index (χ0n) is 9.40. The molecule has 0 bridgehead atoms. The zero-order chi connectivity index (χ0) is 13.0. The van der Waals surface area contributed by atoms with Crippen molar-refractivity contribution in [3.63, 3.8) is 0 Å². The first-order valence-electron chi connectivity index (χ1n) is 4.80. The van der Waals surface area contributed by atoms with E-state index in [0.717, 1.165) is 13.5 Å². The van der Waals surface area contributed by atoms with E-state index >= 15 is 0 Å². The number of hydrogen-bond acceptors (Lipinski definition) is 2. The van der Waals surface area contributed by atoms with Crippen LogP contribution in [0.25, 0.3) is 0 Å². The molecule has 7 heteroatoms. The highest BCUT2D eigenvalue weighted by molar-refractivity contribution is 6.22. The summed E-state index contributed by atoms with van der Waals surface area (Å²) in [6, 6.07) is 0. The van der Waals surface area contributed by atoms with Crippen molar-refractivity contribution in [2.75, 3.05) is 13.7 Å². The molecule has 0 aliphatic heterocycles. The molecule has 0 heterocycles. The first-order chi connectivity index (χ1) is 7.20. The lowest BCUT2D eigenvalue weighted by atomic mass is 10.1. The van der Waals surface area contributed by atoms with E-state index < -0.39 is 17.7 Å². The highest BCUT2D eigenvalue weighted by Gasteiger charge is 2.59. The molecule has 0 aromatic carbocycles. The van der Waals surface area contributed by atoms with Crippen molar-refractivity contribution in [2.24, 2.45) is 0 Å². The molecule has 0 saturated carbocycles. The van der Waals surface area contributed by atoms with Crippen molar-refractivity contribution in [2.45, 2.75) is 38.5 Å². The van der Waals surface area contributed by atoms with Crippen molar-refractivity contribution in [1.29, 1.82) is 0 Å². The number of halogens is 4. The monoisotopic (exact) mass is 261 g/mol. The molecule has 0 spiro atoms. The van der Waals surface area contributed by atoms with E-state index in [1.54, 1.807) is 0 Å². The van der Waals surface area contributed by atoms with Crippen molar-refractivity contribution < 1.29 is 22.7 Å². The van der Waals surface area contributed by atoms with Gasteiger partial charge in [0, 0.05) is 25.4 Å². The third-order valence-electron chi connectivity index (χ3n) is 2.29. The Labute approximate surface area is 97.6 Å². The fourth-order valence-corrected chi connectivity index (χ4v) is 1.24. The Morgan fingerprint density at radius 2 is 1.94 bits per heavy atom. The zero-order valence-corrected chi connectivity index (χ0v) is 10.2. The minimum atomic E-state index is -4.79. The lowest BCUT2D eigenvalue weighted by Gasteiger charge is -2.31. The van der Waals surface area contributed by atoms with Gasteiger partial charge in [0.1, 0.15) is 0 Å². The maximum absolute atomic E-state index is 12.6. The first-order valence-corrected chi connectivity index (χ1v) is 5.14. The molecular formula is C9H15ClF3NO2. The van der Waals surface area contributed by atoms with Gasteiger partial charge in [0.05, 0.1) is 0 Å². The average molecular weight is 262 g/mol. The summed E-state index contributed by atoms with van der Waals surface area (Å²) >= 11 is 5.48. The fraction of sp³-hybridized carbons (Fsp3) is 0.889. The second-order valence-corrected chi connectivity index (χ2v) is 3.89. The van der Waals surface area contributed by atoms with Crippen LogP contribution in [-0.2, 0) is 9.53 Å². The molecule has 0 N–H and O–H groups in total. The number of amides is 1. The predicted octanol–water partition coefficient (Wildman–Crippen LogP) is 2.74. The van der Waals surface area contributed by atoms with Gasteiger partial charge < -0.3 is 4.74 Å². The molecule has 16 heavy (non-hydrogen) atoms. The normalized spacial score (nSPS) is 15.7. The van der Waals surface area contributed by atoms with Crippen LogP contribution < -0.4 is 0 Å². The summed E-state index contributed by atoms with van der Waals surface area (Å²) in [5.74, 6) is -1.29. The van der Waals surface area contributed by atoms with Crippen LogP contribution in [0.3, 0.4) is 0 Å². The minimum Gasteiger partial charge on any atom is -0.361 e. The van der Waals surface area contributed by atoms with Crippen LogP contribution in [0.5, 0.6) is 0 Å². The van der Waals surface area contributed by atoms with E-state index in [-0.39, 0.29) is 6.54 Å². The Balaban J connectivity index is 4.78. The molecule has 0 saturated heterocycles. The summed E-state index contributed by atoms with van der Waals surface area (Å²) in [6.45, 7) is 2.57. The standard InChI is InChI=1S/C9H15ClF3NO2/c1-4-5-6-14(10)7(15)8(2,16-3)9(11,12)13/h4-6H2,1-3H3/t8-/m0/s1. The number of alkyl halides is 3. The summed E-state index contributed by atoms with van der Waals surface area (Å²) < 4.78 is 42.6. The summed E-state index contributed by atoms with van der Waals surface area (Å²) in [4.78, 5) is 11.5. The van der Waals surface area contributed by atoms with E-state index in [9.17, 15) is 18.0 Å². The number of carbonyl (C=O) groups is 1. The fourth-order valence-electron chi connectivity index (χ4n) is 0.954. The Hall–Kier alpha value is -0.490. The molecule has 0 aromatic rings. The number of unbranched alkanes of at least 4 members (excludes halogenated alkanes) is 1. The maximum Gasteiger partial charge on any atom is 0.426 e. The van der Waals surface area contributed by atoms with Gasteiger partial charge in [-0.05, 0) is 13.3 Å². The molecule has 3 nitrogen and oxygen atoms in total. The summed E-state index contributed by atoms with van der Waals surface area (Å²) in [5.41, 5.74) is -2.89. The van der Waals surface area contributed by atoms with E-state index in [0.29, 0.717) is 17.8 Å². The lowest BCUT2D eigenvalue weighted by Crippen LogP contribution is -2.55. The molecule has 0 aromatic heterocycles. The average Bonchev–Trinajstić information content (AvgIpc) is 2.21. The van der Waals surface area contributed by atoms with Gasteiger partial charge in [-0.1, -0.05) is 13.3 Å². The Bertz CT molecular complexity index is 247. The van der Waals surface area contributed by atoms with Crippen molar-refractivity contribution in [1.82, 2.24) is 4.42 Å². The maximum atomic E-state index is 12.6. The van der Waals surface area contributed by atoms with E-state index in [1.807, 2.05) is 6.92 Å². The van der Waals surface area contributed by atoms with Gasteiger partial charge in [0.2, 0.25) is 5.60 Å². The minimum absolute atomic E-state index is 0.0614. The van der Waals surface area contributed by atoms with Crippen LogP contribution in [0.4, 0.5) is 13.2 Å². The Kier molecular flexibility index (Phi) is 5.55. The summed E-state index contributed by atoms with van der Waals surface area (Å²) in [5, 5.41) is 0. The SMILES string of the molecule is CCCCN(Cl)C(=O)[C@](C)(OC)C(F)(F)F. The Morgan fingerprint density at radius 3 is 2.25 bits per heavy atom. The van der Waals surface area contributed by atoms with Gasteiger partial charge in [0.15, 0.2) is 0 Å². The third kappa shape index (κ3) is 3.25. The van der Waals surface area contributed by atoms with Gasteiger partial charge in [-0.3, -0.25) is 9.21 Å². The van der Waals surface area contributed by atoms with Crippen LogP contribution in [0.2, 0.25) is 0 Å². The molecule has 0 aliphatic carbocycles. The van der Waals surface area contributed by atoms with Gasteiger partial charge in [-0.25, -0.2) is 0 Å². The van der Waals surface area contributed by atoms with Crippen LogP contribution >= 0.6 is 11.8 Å². The quantitative estimate of drug-likeness (QED) is 0.712. The number of ether oxygens (including phenoxy) is 1. The van der Waals surface area contributed by atoms with Crippen molar-refractivity contribution >= 4 is 17.7 Å². The number of rotatable bonds is 5. The molecule has 0 unspecified atom stereocenters. The third-order valence-corrected chi connectivity index (χ3v) is 2.61. The van der Waals surface area contributed by atoms with E-state index in [2.05, 4.69) is 4.74 Å². The molecule has 1 amide bonds. The van der Waals surface area contributed by atoms with E-state index in [4.69, 9.17) is 11.8 Å². The number of nitrogens with zero attached hydrogens (tertiary/aromatic N) is 1. The Morgan fingerprint density at radius 1 is 1.44 bits per heavy atom. The van der Waals surface area contributed by atoms with E-state index in [1.165, 1.54) is 0 Å². The lowest BCUT2D eigenvalue weighted by molar-refractivity contribution is -0.256. The highest BCUT2D eigenvalue weighted by Crippen LogP contribution is 2.34. The number of carbonyl (C=O) groups excluding carboxylic acids is 1. The van der Waals surface area contributed by atoms with Crippen LogP contribution in [-0.4, -0.2) is 35.8 Å². The topological polar surface area (TPSA) is 29.5 Å². The molecule has 0 rings (SSSR count). The first kappa shape index (κ1) is 15.5. The van der Waals surface area contributed by atoms with Crippen molar-refractivity contribution in [3.8, 4) is 0 Å². The smallest absolute Gasteiger partial charge is 0.361 e. The largest absolute Gasteiger partial charge is 0.426 e. The molecular weight excluding hydrogens is 247 g/mol. The number of hydrogen-bond donors (Lipinski definition) is 0. The van der Waals surface area contributed by atoms with Gasteiger partial charge in [-0.15, -0.1) is 0 Å². The van der Waals surface area contributed by atoms with Crippen LogP contribution in [0.1, 0.15) is 26.7 Å². The number of methoxy groups -OCH3 is 1. The van der Waals surface area contributed by atoms with Crippen LogP contribution in [0, 0.1) is 0 Å². The summed E-state index contributed by atoms with van der Waals surface area (Å²) in [7, 11) is 0.829. The second kappa shape index (κ2) is 5.72. The van der Waals surface area contributed by atoms with Gasteiger partial charge in [0.25, 0.3) is 5.91 Å². The van der Waals surface area contributed by atoms with Gasteiger partial charge in [-0.2, -0.15) is 13.2 Å².